The van der Waals surface area contributed by atoms with E-state index in [1.165, 1.54) is 28.7 Å². The molecule has 2 heteroatoms. The molecule has 0 unspecified atom stereocenters. The normalized spacial score (nSPS) is 19.2. The molecular weight excluding hydrogens is 270 g/mol. The van der Waals surface area contributed by atoms with Crippen LogP contribution >= 0.6 is 0 Å². The second-order valence-electron chi connectivity index (χ2n) is 7.64. The molecule has 1 aliphatic carbocycles. The minimum Gasteiger partial charge on any atom is -0.357 e. The first-order valence-electron chi connectivity index (χ1n) is 8.10. The molecule has 0 saturated carbocycles. The second-order valence-corrected chi connectivity index (χ2v) is 7.64. The molecule has 1 aliphatic rings. The Kier molecular flexibility index (Phi) is 3.51. The Morgan fingerprint density at radius 2 is 1.86 bits per heavy atom. The first kappa shape index (κ1) is 15.1. The fourth-order valence-corrected chi connectivity index (χ4v) is 4.05. The van der Waals surface area contributed by atoms with Gasteiger partial charge in [-0.05, 0) is 52.0 Å². The zero-order valence-corrected chi connectivity index (χ0v) is 14.2. The largest absolute Gasteiger partial charge is 0.357 e. The molecule has 2 nitrogen and oxygen atoms in total. The first-order valence-corrected chi connectivity index (χ1v) is 8.10. The van der Waals surface area contributed by atoms with Crippen LogP contribution in [0.5, 0.6) is 0 Å². The molecule has 0 radical (unpaired) electrons. The van der Waals surface area contributed by atoms with Crippen molar-refractivity contribution in [1.29, 1.82) is 0 Å². The minimum atomic E-state index is 0.236. The maximum absolute atomic E-state index is 5.23. The molecule has 0 aliphatic heterocycles. The van der Waals surface area contributed by atoms with E-state index in [1.54, 1.807) is 6.20 Å². The molecule has 116 valence electrons. The lowest BCUT2D eigenvalue weighted by atomic mass is 9.82. The summed E-state index contributed by atoms with van der Waals surface area (Å²) in [6.07, 6.45) is 5.96. The summed E-state index contributed by atoms with van der Waals surface area (Å²) in [5.74, 6) is 0.817. The quantitative estimate of drug-likeness (QED) is 0.738. The van der Waals surface area contributed by atoms with Gasteiger partial charge in [-0.1, -0.05) is 58.0 Å². The van der Waals surface area contributed by atoms with Crippen molar-refractivity contribution in [2.45, 2.75) is 58.3 Å². The molecule has 0 atom stereocenters. The third kappa shape index (κ3) is 2.51. The lowest BCUT2D eigenvalue weighted by Crippen LogP contribution is -2.17. The van der Waals surface area contributed by atoms with E-state index < -0.39 is 0 Å². The monoisotopic (exact) mass is 295 g/mol. The maximum atomic E-state index is 5.23. The third-order valence-corrected chi connectivity index (χ3v) is 4.89. The average molecular weight is 295 g/mol. The van der Waals surface area contributed by atoms with E-state index >= 15 is 0 Å². The van der Waals surface area contributed by atoms with Crippen LogP contribution in [0.4, 0.5) is 0 Å². The summed E-state index contributed by atoms with van der Waals surface area (Å²) in [5.41, 5.74) is 6.07. The molecule has 1 aromatic carbocycles. The van der Waals surface area contributed by atoms with Crippen molar-refractivity contribution in [2.75, 3.05) is 0 Å². The van der Waals surface area contributed by atoms with E-state index in [-0.39, 0.29) is 10.8 Å². The van der Waals surface area contributed by atoms with Crippen LogP contribution in [0.25, 0.3) is 11.6 Å². The van der Waals surface area contributed by atoms with Gasteiger partial charge in [0.1, 0.15) is 0 Å². The summed E-state index contributed by atoms with van der Waals surface area (Å²) >= 11 is 0. The molecule has 0 fully saturated rings. The molecule has 0 saturated heterocycles. The summed E-state index contributed by atoms with van der Waals surface area (Å²) in [6, 6.07) is 8.86. The van der Waals surface area contributed by atoms with Gasteiger partial charge in [0.15, 0.2) is 5.76 Å². The van der Waals surface area contributed by atoms with Gasteiger partial charge in [-0.2, -0.15) is 0 Å². The summed E-state index contributed by atoms with van der Waals surface area (Å²) in [7, 11) is 0. The number of allylic oxidation sites excluding steroid dienone is 1. The lowest BCUT2D eigenvalue weighted by Gasteiger charge is -2.22. The van der Waals surface area contributed by atoms with Crippen LogP contribution in [0.2, 0.25) is 0 Å². The lowest BCUT2D eigenvalue weighted by molar-refractivity contribution is 0.403. The summed E-state index contributed by atoms with van der Waals surface area (Å²) in [5, 5.41) is 3.78. The molecule has 3 rings (SSSR count). The topological polar surface area (TPSA) is 26.0 Å². The van der Waals surface area contributed by atoms with Crippen LogP contribution in [0, 0.1) is 0 Å². The Morgan fingerprint density at radius 1 is 1.14 bits per heavy atom. The van der Waals surface area contributed by atoms with Gasteiger partial charge in [-0.3, -0.25) is 0 Å². The minimum absolute atomic E-state index is 0.236. The highest BCUT2D eigenvalue weighted by molar-refractivity contribution is 5.80. The third-order valence-electron chi connectivity index (χ3n) is 4.89. The van der Waals surface area contributed by atoms with Crippen molar-refractivity contribution in [2.24, 2.45) is 0 Å². The highest BCUT2D eigenvalue weighted by Gasteiger charge is 2.41. The molecule has 2 aromatic rings. The fourth-order valence-electron chi connectivity index (χ4n) is 4.05. The molecule has 0 N–H and O–H groups in total. The van der Waals surface area contributed by atoms with Crippen LogP contribution in [0.3, 0.4) is 0 Å². The standard InChI is InChI=1S/C20H25NO/c1-6-14(11-16-9-10-21-22-16)15-7-8-17-18(12-15)20(4,5)13-19(17,2)3/h7-12H,6,13H2,1-5H3. The number of nitrogens with zero attached hydrogens (tertiary/aromatic N) is 1. The zero-order valence-electron chi connectivity index (χ0n) is 14.2. The van der Waals surface area contributed by atoms with Crippen LogP contribution in [-0.2, 0) is 10.8 Å². The first-order chi connectivity index (χ1) is 10.3. The predicted octanol–water partition coefficient (Wildman–Crippen LogP) is 5.58. The Morgan fingerprint density at radius 3 is 2.50 bits per heavy atom. The van der Waals surface area contributed by atoms with Crippen LogP contribution in [-0.4, -0.2) is 5.16 Å². The van der Waals surface area contributed by atoms with Gasteiger partial charge in [-0.15, -0.1) is 0 Å². The van der Waals surface area contributed by atoms with E-state index in [0.717, 1.165) is 12.2 Å². The van der Waals surface area contributed by atoms with Crippen molar-refractivity contribution in [1.82, 2.24) is 5.16 Å². The van der Waals surface area contributed by atoms with Gasteiger partial charge < -0.3 is 4.52 Å². The number of hydrogen-bond acceptors (Lipinski definition) is 2. The van der Waals surface area contributed by atoms with E-state index in [9.17, 15) is 0 Å². The SMILES string of the molecule is CCC(=Cc1ccno1)c1ccc2c(c1)C(C)(C)CC2(C)C. The number of benzene rings is 1. The average Bonchev–Trinajstić information content (AvgIpc) is 3.01. The van der Waals surface area contributed by atoms with Gasteiger partial charge in [0.25, 0.3) is 0 Å². The second kappa shape index (κ2) is 5.12. The molecular formula is C20H25NO. The van der Waals surface area contributed by atoms with Crippen LogP contribution in [0.1, 0.15) is 69.9 Å². The zero-order chi connectivity index (χ0) is 16.0. The van der Waals surface area contributed by atoms with Crippen molar-refractivity contribution in [3.05, 3.63) is 52.9 Å². The highest BCUT2D eigenvalue weighted by Crippen LogP contribution is 2.49. The van der Waals surface area contributed by atoms with Gasteiger partial charge in [0, 0.05) is 6.07 Å². The van der Waals surface area contributed by atoms with E-state index in [1.807, 2.05) is 6.07 Å². The molecule has 0 bridgehead atoms. The number of aromatic nitrogens is 1. The summed E-state index contributed by atoms with van der Waals surface area (Å²) in [6.45, 7) is 11.6. The van der Waals surface area contributed by atoms with Gasteiger partial charge in [0.05, 0.1) is 6.20 Å². The number of rotatable bonds is 3. The van der Waals surface area contributed by atoms with Gasteiger partial charge in [-0.25, -0.2) is 0 Å². The molecule has 0 spiro atoms. The Labute approximate surface area is 133 Å². The van der Waals surface area contributed by atoms with Crippen molar-refractivity contribution >= 4 is 11.6 Å². The Balaban J connectivity index is 2.07. The smallest absolute Gasteiger partial charge is 0.159 e. The van der Waals surface area contributed by atoms with Crippen molar-refractivity contribution < 1.29 is 4.52 Å². The van der Waals surface area contributed by atoms with E-state index in [4.69, 9.17) is 4.52 Å². The summed E-state index contributed by atoms with van der Waals surface area (Å²) in [4.78, 5) is 0. The molecule has 1 aromatic heterocycles. The van der Waals surface area contributed by atoms with Crippen molar-refractivity contribution in [3.8, 4) is 0 Å². The predicted molar refractivity (Wildman–Crippen MR) is 91.8 cm³/mol. The van der Waals surface area contributed by atoms with Crippen LogP contribution in [0.15, 0.2) is 35.0 Å². The van der Waals surface area contributed by atoms with Gasteiger partial charge >= 0.3 is 0 Å². The Hall–Kier alpha value is -1.83. The van der Waals surface area contributed by atoms with E-state index in [0.29, 0.717) is 0 Å². The fraction of sp³-hybridized carbons (Fsp3) is 0.450. The van der Waals surface area contributed by atoms with Gasteiger partial charge in [0.2, 0.25) is 0 Å². The van der Waals surface area contributed by atoms with Crippen molar-refractivity contribution in [3.63, 3.8) is 0 Å². The molecule has 1 heterocycles. The summed E-state index contributed by atoms with van der Waals surface area (Å²) < 4.78 is 5.23. The highest BCUT2D eigenvalue weighted by atomic mass is 16.5. The Bertz CT molecular complexity index is 705. The molecule has 0 amide bonds. The maximum Gasteiger partial charge on any atom is 0.159 e. The number of hydrogen-bond donors (Lipinski definition) is 0. The molecule has 22 heavy (non-hydrogen) atoms. The number of fused-ring (bicyclic) bond motifs is 1. The van der Waals surface area contributed by atoms with Crippen LogP contribution < -0.4 is 0 Å². The van der Waals surface area contributed by atoms with E-state index in [2.05, 4.69) is 64.1 Å².